The van der Waals surface area contributed by atoms with Crippen LogP contribution in [0.2, 0.25) is 0 Å². The number of morpholine rings is 1. The highest BCUT2D eigenvalue weighted by Crippen LogP contribution is 2.40. The molecule has 2 fully saturated rings. The maximum Gasteiger partial charge on any atom is 0.0965 e. The first-order valence-electron chi connectivity index (χ1n) is 6.68. The minimum absolute atomic E-state index is 0.114. The summed E-state index contributed by atoms with van der Waals surface area (Å²) in [5.41, 5.74) is 1.46. The first kappa shape index (κ1) is 11.7. The monoisotopic (exact) mass is 251 g/mol. The molecular formula is C14H21NOS. The van der Waals surface area contributed by atoms with Gasteiger partial charge in [0, 0.05) is 13.1 Å². The summed E-state index contributed by atoms with van der Waals surface area (Å²) >= 11 is 1.76. The summed E-state index contributed by atoms with van der Waals surface area (Å²) in [5.74, 6) is 0.812. The smallest absolute Gasteiger partial charge is 0.0965 e. The van der Waals surface area contributed by atoms with Gasteiger partial charge in [-0.1, -0.05) is 19.8 Å². The van der Waals surface area contributed by atoms with Crippen LogP contribution in [0.25, 0.3) is 0 Å². The predicted molar refractivity (Wildman–Crippen MR) is 71.4 cm³/mol. The van der Waals surface area contributed by atoms with E-state index in [4.69, 9.17) is 4.74 Å². The van der Waals surface area contributed by atoms with E-state index in [0.29, 0.717) is 0 Å². The number of nitrogens with one attached hydrogen (secondary N) is 1. The number of rotatable bonds is 1. The van der Waals surface area contributed by atoms with Crippen molar-refractivity contribution in [1.82, 2.24) is 5.32 Å². The Balaban J connectivity index is 1.74. The summed E-state index contributed by atoms with van der Waals surface area (Å²) < 4.78 is 6.47. The lowest BCUT2D eigenvalue weighted by molar-refractivity contribution is -0.143. The molecule has 1 N–H and O–H groups in total. The van der Waals surface area contributed by atoms with E-state index in [9.17, 15) is 0 Å². The lowest BCUT2D eigenvalue weighted by Gasteiger charge is -2.46. The van der Waals surface area contributed by atoms with E-state index in [1.807, 2.05) is 0 Å². The van der Waals surface area contributed by atoms with Crippen molar-refractivity contribution in [3.05, 3.63) is 22.4 Å². The zero-order chi connectivity index (χ0) is 11.7. The van der Waals surface area contributed by atoms with Gasteiger partial charge in [-0.05, 0) is 41.1 Å². The van der Waals surface area contributed by atoms with Crippen LogP contribution in [0.4, 0.5) is 0 Å². The summed E-state index contributed by atoms with van der Waals surface area (Å²) in [4.78, 5) is 0. The summed E-state index contributed by atoms with van der Waals surface area (Å²) in [6.07, 6.45) is 5.40. The highest BCUT2D eigenvalue weighted by molar-refractivity contribution is 7.07. The molecule has 2 nitrogen and oxygen atoms in total. The second-order valence-electron chi connectivity index (χ2n) is 5.68. The minimum Gasteiger partial charge on any atom is -0.364 e. The van der Waals surface area contributed by atoms with Crippen LogP contribution in [0.3, 0.4) is 0 Å². The van der Waals surface area contributed by atoms with Crippen LogP contribution in [-0.2, 0) is 4.74 Å². The molecule has 17 heavy (non-hydrogen) atoms. The molecule has 1 saturated heterocycles. The molecule has 0 amide bonds. The zero-order valence-electron chi connectivity index (χ0n) is 10.4. The summed E-state index contributed by atoms with van der Waals surface area (Å²) in [7, 11) is 0. The SMILES string of the molecule is CC1CCCC2(CNCC(c3ccsc3)O2)C1. The predicted octanol–water partition coefficient (Wildman–Crippen LogP) is 3.36. The molecule has 1 saturated carbocycles. The zero-order valence-corrected chi connectivity index (χ0v) is 11.3. The normalized spacial score (nSPS) is 38.4. The van der Waals surface area contributed by atoms with Gasteiger partial charge in [0.05, 0.1) is 11.7 Å². The van der Waals surface area contributed by atoms with Gasteiger partial charge < -0.3 is 10.1 Å². The van der Waals surface area contributed by atoms with Gasteiger partial charge in [0.25, 0.3) is 0 Å². The Morgan fingerprint density at radius 1 is 1.53 bits per heavy atom. The van der Waals surface area contributed by atoms with Crippen LogP contribution in [0.1, 0.15) is 44.3 Å². The van der Waals surface area contributed by atoms with Crippen molar-refractivity contribution >= 4 is 11.3 Å². The first-order valence-corrected chi connectivity index (χ1v) is 7.62. The van der Waals surface area contributed by atoms with E-state index in [0.717, 1.165) is 19.0 Å². The van der Waals surface area contributed by atoms with E-state index >= 15 is 0 Å². The Morgan fingerprint density at radius 2 is 2.47 bits per heavy atom. The van der Waals surface area contributed by atoms with Gasteiger partial charge in [0.1, 0.15) is 0 Å². The summed E-state index contributed by atoms with van der Waals surface area (Å²) in [6.45, 7) is 4.36. The molecule has 2 heterocycles. The van der Waals surface area contributed by atoms with E-state index < -0.39 is 0 Å². The number of thiophene rings is 1. The van der Waals surface area contributed by atoms with Crippen LogP contribution >= 0.6 is 11.3 Å². The minimum atomic E-state index is 0.114. The maximum atomic E-state index is 6.47. The highest BCUT2D eigenvalue weighted by atomic mass is 32.1. The molecular weight excluding hydrogens is 230 g/mol. The molecule has 2 aliphatic rings. The van der Waals surface area contributed by atoms with Crippen molar-refractivity contribution in [2.75, 3.05) is 13.1 Å². The third-order valence-electron chi connectivity index (χ3n) is 4.13. The molecule has 3 unspecified atom stereocenters. The highest BCUT2D eigenvalue weighted by Gasteiger charge is 2.40. The Morgan fingerprint density at radius 3 is 3.24 bits per heavy atom. The Bertz CT molecular complexity index is 360. The lowest BCUT2D eigenvalue weighted by Crippen LogP contribution is -2.52. The standard InChI is InChI=1S/C14H21NOS/c1-11-3-2-5-14(7-11)10-15-8-13(16-14)12-4-6-17-9-12/h4,6,9,11,13,15H,2-3,5,7-8,10H2,1H3. The van der Waals surface area contributed by atoms with Crippen LogP contribution in [0.5, 0.6) is 0 Å². The van der Waals surface area contributed by atoms with E-state index in [1.165, 1.54) is 31.2 Å². The molecule has 1 aliphatic heterocycles. The molecule has 0 bridgehead atoms. The van der Waals surface area contributed by atoms with Crippen molar-refractivity contribution in [1.29, 1.82) is 0 Å². The van der Waals surface area contributed by atoms with Gasteiger partial charge in [0.15, 0.2) is 0 Å². The average Bonchev–Trinajstić information content (AvgIpc) is 2.82. The molecule has 1 aliphatic carbocycles. The molecule has 1 aromatic rings. The van der Waals surface area contributed by atoms with Crippen molar-refractivity contribution < 1.29 is 4.74 Å². The van der Waals surface area contributed by atoms with Gasteiger partial charge in [0.2, 0.25) is 0 Å². The fourth-order valence-corrected chi connectivity index (χ4v) is 4.04. The number of hydrogen-bond donors (Lipinski definition) is 1. The van der Waals surface area contributed by atoms with Gasteiger partial charge in [-0.25, -0.2) is 0 Å². The Kier molecular flexibility index (Phi) is 3.24. The van der Waals surface area contributed by atoms with Crippen LogP contribution in [0.15, 0.2) is 16.8 Å². The van der Waals surface area contributed by atoms with Crippen LogP contribution in [0, 0.1) is 5.92 Å². The average molecular weight is 251 g/mol. The lowest BCUT2D eigenvalue weighted by atomic mass is 9.78. The maximum absolute atomic E-state index is 6.47. The molecule has 0 radical (unpaired) electrons. The Labute approximate surface area is 107 Å². The Hall–Kier alpha value is -0.380. The van der Waals surface area contributed by atoms with Crippen molar-refractivity contribution in [3.63, 3.8) is 0 Å². The molecule has 3 atom stereocenters. The fourth-order valence-electron chi connectivity index (χ4n) is 3.34. The quantitative estimate of drug-likeness (QED) is 0.826. The molecule has 94 valence electrons. The third-order valence-corrected chi connectivity index (χ3v) is 4.84. The van der Waals surface area contributed by atoms with Gasteiger partial charge in [-0.2, -0.15) is 11.3 Å². The van der Waals surface area contributed by atoms with Gasteiger partial charge >= 0.3 is 0 Å². The summed E-state index contributed by atoms with van der Waals surface area (Å²) in [6, 6.07) is 2.20. The van der Waals surface area contributed by atoms with Crippen LogP contribution in [-0.4, -0.2) is 18.7 Å². The fraction of sp³-hybridized carbons (Fsp3) is 0.714. The first-order chi connectivity index (χ1) is 8.27. The van der Waals surface area contributed by atoms with Gasteiger partial charge in [-0.3, -0.25) is 0 Å². The van der Waals surface area contributed by atoms with Crippen molar-refractivity contribution in [2.24, 2.45) is 5.92 Å². The third kappa shape index (κ3) is 2.42. The van der Waals surface area contributed by atoms with Crippen LogP contribution < -0.4 is 5.32 Å². The number of hydrogen-bond acceptors (Lipinski definition) is 3. The second kappa shape index (κ2) is 4.71. The molecule has 3 heteroatoms. The van der Waals surface area contributed by atoms with Crippen molar-refractivity contribution in [3.8, 4) is 0 Å². The van der Waals surface area contributed by atoms with Crippen molar-refractivity contribution in [2.45, 2.75) is 44.3 Å². The second-order valence-corrected chi connectivity index (χ2v) is 6.46. The van der Waals surface area contributed by atoms with E-state index in [1.54, 1.807) is 11.3 Å². The number of ether oxygens (including phenoxy) is 1. The molecule has 3 rings (SSSR count). The molecule has 0 aromatic carbocycles. The van der Waals surface area contributed by atoms with Gasteiger partial charge in [-0.15, -0.1) is 0 Å². The van der Waals surface area contributed by atoms with E-state index in [-0.39, 0.29) is 11.7 Å². The molecule has 1 spiro atoms. The topological polar surface area (TPSA) is 21.3 Å². The molecule has 1 aromatic heterocycles. The largest absolute Gasteiger partial charge is 0.364 e. The van der Waals surface area contributed by atoms with E-state index in [2.05, 4.69) is 29.1 Å². The summed E-state index contributed by atoms with van der Waals surface area (Å²) in [5, 5.41) is 7.95.